The molecule has 21 heavy (non-hydrogen) atoms. The molecule has 0 radical (unpaired) electrons. The molecule has 0 aliphatic carbocycles. The van der Waals surface area contributed by atoms with Gasteiger partial charge in [-0.3, -0.25) is 0 Å². The number of piperidine rings is 1. The third-order valence-electron chi connectivity index (χ3n) is 3.83. The number of halogens is 1. The van der Waals surface area contributed by atoms with E-state index in [0.29, 0.717) is 11.6 Å². The molecule has 0 amide bonds. The van der Waals surface area contributed by atoms with Crippen LogP contribution in [0.3, 0.4) is 0 Å². The average Bonchev–Trinajstić information content (AvgIpc) is 2.48. The Bertz CT molecular complexity index is 583. The molecule has 1 aromatic rings. The van der Waals surface area contributed by atoms with Crippen molar-refractivity contribution in [1.29, 1.82) is 0 Å². The minimum absolute atomic E-state index is 0.0628. The topological polar surface area (TPSA) is 49.4 Å². The van der Waals surface area contributed by atoms with Crippen molar-refractivity contribution < 1.29 is 8.42 Å². The molecule has 1 fully saturated rings. The Kier molecular flexibility index (Phi) is 5.66. The molecular formula is C15H23ClN2O2S. The SMILES string of the molecule is CCCN(C1CCNCC1)S(=O)(=O)c1cc(C)ccc1Cl. The van der Waals surface area contributed by atoms with Crippen molar-refractivity contribution in [2.75, 3.05) is 19.6 Å². The lowest BCUT2D eigenvalue weighted by atomic mass is 10.1. The molecule has 1 aliphatic heterocycles. The number of sulfonamides is 1. The first-order chi connectivity index (χ1) is 9.96. The van der Waals surface area contributed by atoms with Gasteiger partial charge in [-0.25, -0.2) is 8.42 Å². The number of rotatable bonds is 5. The van der Waals surface area contributed by atoms with Crippen molar-refractivity contribution >= 4 is 21.6 Å². The molecule has 1 N–H and O–H groups in total. The van der Waals surface area contributed by atoms with E-state index in [1.165, 1.54) is 0 Å². The Labute approximate surface area is 132 Å². The van der Waals surface area contributed by atoms with Gasteiger partial charge in [0.1, 0.15) is 4.90 Å². The third kappa shape index (κ3) is 3.77. The zero-order valence-corrected chi connectivity index (χ0v) is 14.2. The molecule has 6 heteroatoms. The predicted molar refractivity (Wildman–Crippen MR) is 86.3 cm³/mol. The molecule has 0 unspecified atom stereocenters. The van der Waals surface area contributed by atoms with Crippen LogP contribution in [0.4, 0.5) is 0 Å². The average molecular weight is 331 g/mol. The highest BCUT2D eigenvalue weighted by molar-refractivity contribution is 7.89. The smallest absolute Gasteiger partial charge is 0.244 e. The molecule has 1 aromatic carbocycles. The van der Waals surface area contributed by atoms with E-state index in [9.17, 15) is 8.42 Å². The molecule has 0 aromatic heterocycles. The van der Waals surface area contributed by atoms with Gasteiger partial charge in [0.05, 0.1) is 5.02 Å². The fourth-order valence-corrected chi connectivity index (χ4v) is 5.09. The van der Waals surface area contributed by atoms with E-state index in [1.54, 1.807) is 16.4 Å². The van der Waals surface area contributed by atoms with Crippen molar-refractivity contribution in [2.24, 2.45) is 0 Å². The fraction of sp³-hybridized carbons (Fsp3) is 0.600. The second-order valence-corrected chi connectivity index (χ2v) is 7.80. The van der Waals surface area contributed by atoms with Crippen LogP contribution in [0, 0.1) is 6.92 Å². The van der Waals surface area contributed by atoms with Crippen LogP contribution in [0.1, 0.15) is 31.7 Å². The zero-order chi connectivity index (χ0) is 15.5. The van der Waals surface area contributed by atoms with Crippen LogP contribution in [0.2, 0.25) is 5.02 Å². The van der Waals surface area contributed by atoms with E-state index >= 15 is 0 Å². The lowest BCUT2D eigenvalue weighted by molar-refractivity contribution is 0.262. The molecule has 2 rings (SSSR count). The van der Waals surface area contributed by atoms with Crippen LogP contribution >= 0.6 is 11.6 Å². The van der Waals surface area contributed by atoms with Crippen LogP contribution in [0.15, 0.2) is 23.1 Å². The minimum Gasteiger partial charge on any atom is -0.317 e. The molecule has 1 heterocycles. The monoisotopic (exact) mass is 330 g/mol. The van der Waals surface area contributed by atoms with E-state index in [-0.39, 0.29) is 10.9 Å². The molecule has 1 aliphatic rings. The summed E-state index contributed by atoms with van der Waals surface area (Å²) in [5.74, 6) is 0. The van der Waals surface area contributed by atoms with E-state index in [4.69, 9.17) is 11.6 Å². The molecule has 1 saturated heterocycles. The zero-order valence-electron chi connectivity index (χ0n) is 12.6. The number of benzene rings is 1. The quantitative estimate of drug-likeness (QED) is 0.903. The number of hydrogen-bond acceptors (Lipinski definition) is 3. The van der Waals surface area contributed by atoms with Crippen molar-refractivity contribution in [1.82, 2.24) is 9.62 Å². The number of aryl methyl sites for hydroxylation is 1. The van der Waals surface area contributed by atoms with E-state index < -0.39 is 10.0 Å². The number of nitrogens with one attached hydrogen (secondary N) is 1. The van der Waals surface area contributed by atoms with Gasteiger partial charge in [0, 0.05) is 12.6 Å². The van der Waals surface area contributed by atoms with Crippen molar-refractivity contribution in [2.45, 2.75) is 44.0 Å². The highest BCUT2D eigenvalue weighted by Gasteiger charge is 2.32. The second-order valence-electron chi connectivity index (χ2n) is 5.53. The standard InChI is InChI=1S/C15H23ClN2O2S/c1-3-10-18(13-6-8-17-9-7-13)21(19,20)15-11-12(2)4-5-14(15)16/h4-5,11,13,17H,3,6-10H2,1-2H3. The summed E-state index contributed by atoms with van der Waals surface area (Å²) >= 11 is 6.15. The first kappa shape index (κ1) is 16.7. The van der Waals surface area contributed by atoms with E-state index in [1.807, 2.05) is 19.9 Å². The van der Waals surface area contributed by atoms with Gasteiger partial charge >= 0.3 is 0 Å². The Balaban J connectivity index is 2.39. The lowest BCUT2D eigenvalue weighted by Crippen LogP contribution is -2.46. The molecule has 0 atom stereocenters. The summed E-state index contributed by atoms with van der Waals surface area (Å²) in [7, 11) is -3.54. The third-order valence-corrected chi connectivity index (χ3v) is 6.27. The van der Waals surface area contributed by atoms with Gasteiger partial charge in [0.2, 0.25) is 10.0 Å². The van der Waals surface area contributed by atoms with E-state index in [2.05, 4.69) is 5.32 Å². The summed E-state index contributed by atoms with van der Waals surface area (Å²) < 4.78 is 27.7. The lowest BCUT2D eigenvalue weighted by Gasteiger charge is -2.33. The van der Waals surface area contributed by atoms with Gasteiger partial charge < -0.3 is 5.32 Å². The van der Waals surface area contributed by atoms with Gasteiger partial charge in [-0.2, -0.15) is 4.31 Å². The summed E-state index contributed by atoms with van der Waals surface area (Å²) in [5.41, 5.74) is 0.903. The Morgan fingerprint density at radius 1 is 1.33 bits per heavy atom. The van der Waals surface area contributed by atoms with Crippen molar-refractivity contribution in [3.8, 4) is 0 Å². The highest BCUT2D eigenvalue weighted by Crippen LogP contribution is 2.28. The Hall–Kier alpha value is -0.620. The van der Waals surface area contributed by atoms with Crippen molar-refractivity contribution in [3.05, 3.63) is 28.8 Å². The first-order valence-electron chi connectivity index (χ1n) is 7.45. The van der Waals surface area contributed by atoms with Crippen LogP contribution in [-0.2, 0) is 10.0 Å². The molecule has 0 spiro atoms. The van der Waals surface area contributed by atoms with E-state index in [0.717, 1.165) is 37.9 Å². The molecular weight excluding hydrogens is 308 g/mol. The Morgan fingerprint density at radius 3 is 2.62 bits per heavy atom. The first-order valence-corrected chi connectivity index (χ1v) is 9.27. The summed E-state index contributed by atoms with van der Waals surface area (Å²) in [6, 6.07) is 5.22. The van der Waals surface area contributed by atoms with Gasteiger partial charge in [-0.1, -0.05) is 24.6 Å². The number of hydrogen-bond donors (Lipinski definition) is 1. The summed E-state index contributed by atoms with van der Waals surface area (Å²) in [4.78, 5) is 0.233. The fourth-order valence-electron chi connectivity index (χ4n) is 2.75. The second kappa shape index (κ2) is 7.09. The minimum atomic E-state index is -3.54. The van der Waals surface area contributed by atoms with Crippen LogP contribution < -0.4 is 5.32 Å². The maximum atomic E-state index is 13.0. The normalized spacial score (nSPS) is 17.3. The largest absolute Gasteiger partial charge is 0.317 e. The summed E-state index contributed by atoms with van der Waals surface area (Å²) in [6.07, 6.45) is 2.50. The molecule has 0 bridgehead atoms. The molecule has 4 nitrogen and oxygen atoms in total. The summed E-state index contributed by atoms with van der Waals surface area (Å²) in [5, 5.41) is 3.58. The van der Waals surface area contributed by atoms with Gasteiger partial charge in [-0.15, -0.1) is 0 Å². The van der Waals surface area contributed by atoms with Gasteiger partial charge in [-0.05, 0) is 57.0 Å². The summed E-state index contributed by atoms with van der Waals surface area (Å²) in [6.45, 7) is 6.15. The van der Waals surface area contributed by atoms with Gasteiger partial charge in [0.25, 0.3) is 0 Å². The van der Waals surface area contributed by atoms with Crippen LogP contribution in [0.5, 0.6) is 0 Å². The van der Waals surface area contributed by atoms with Gasteiger partial charge in [0.15, 0.2) is 0 Å². The maximum absolute atomic E-state index is 13.0. The highest BCUT2D eigenvalue weighted by atomic mass is 35.5. The predicted octanol–water partition coefficient (Wildman–Crippen LogP) is 2.80. The van der Waals surface area contributed by atoms with Crippen LogP contribution in [-0.4, -0.2) is 38.4 Å². The Morgan fingerprint density at radius 2 is 2.00 bits per heavy atom. The maximum Gasteiger partial charge on any atom is 0.244 e. The van der Waals surface area contributed by atoms with Crippen molar-refractivity contribution in [3.63, 3.8) is 0 Å². The number of nitrogens with zero attached hydrogens (tertiary/aromatic N) is 1. The van der Waals surface area contributed by atoms with Crippen LogP contribution in [0.25, 0.3) is 0 Å². The molecule has 118 valence electrons. The molecule has 0 saturated carbocycles.